The number of hydrogen-bond acceptors (Lipinski definition) is 3. The van der Waals surface area contributed by atoms with Gasteiger partial charge in [-0.3, -0.25) is 9.98 Å². The molecule has 1 aliphatic heterocycles. The molecule has 2 heterocycles. The van der Waals surface area contributed by atoms with Crippen molar-refractivity contribution in [3.63, 3.8) is 0 Å². The summed E-state index contributed by atoms with van der Waals surface area (Å²) in [5.41, 5.74) is 8.13. The second-order valence-corrected chi connectivity index (χ2v) is 6.98. The van der Waals surface area contributed by atoms with Crippen molar-refractivity contribution in [3.8, 4) is 0 Å². The van der Waals surface area contributed by atoms with E-state index in [4.69, 9.17) is 22.1 Å². The maximum absolute atomic E-state index is 6.47. The molecule has 0 saturated carbocycles. The molecule has 1 aromatic carbocycles. The Balaban J connectivity index is 0.00000261. The average Bonchev–Trinajstić information content (AvgIpc) is 2.68. The molecule has 0 aliphatic carbocycles. The highest BCUT2D eigenvalue weighted by Crippen LogP contribution is 2.38. The third kappa shape index (κ3) is 6.05. The van der Waals surface area contributed by atoms with Crippen LogP contribution in [0, 0.1) is 0 Å². The first-order valence-electron chi connectivity index (χ1n) is 8.96. The van der Waals surface area contributed by atoms with Crippen LogP contribution in [0.2, 0.25) is 5.02 Å². The van der Waals surface area contributed by atoms with E-state index in [0.29, 0.717) is 32.3 Å². The number of rotatable bonds is 6. The quantitative estimate of drug-likeness (QED) is 0.361. The highest BCUT2D eigenvalue weighted by molar-refractivity contribution is 14.0. The molecular formula is C20H26ClIN4O. The number of nitrogens with zero attached hydrogens (tertiary/aromatic N) is 2. The molecule has 0 spiro atoms. The Bertz CT molecular complexity index is 736. The molecule has 146 valence electrons. The molecule has 0 amide bonds. The van der Waals surface area contributed by atoms with Crippen molar-refractivity contribution >= 4 is 41.5 Å². The Hall–Kier alpha value is -1.38. The highest BCUT2D eigenvalue weighted by atomic mass is 127. The Morgan fingerprint density at radius 1 is 1.19 bits per heavy atom. The number of guanidine groups is 1. The molecule has 7 heteroatoms. The monoisotopic (exact) mass is 500 g/mol. The van der Waals surface area contributed by atoms with Gasteiger partial charge in [0.25, 0.3) is 0 Å². The molecule has 0 atom stereocenters. The fraction of sp³-hybridized carbons (Fsp3) is 0.400. The third-order valence-electron chi connectivity index (χ3n) is 4.86. The highest BCUT2D eigenvalue weighted by Gasteiger charge is 2.35. The molecule has 3 rings (SSSR count). The lowest BCUT2D eigenvalue weighted by Gasteiger charge is -2.37. The lowest BCUT2D eigenvalue weighted by Crippen LogP contribution is -2.39. The SMILES string of the molecule is I.NC(=NCC1(c2ccccc2Cl)CCOCC1)NCCc1ccccn1. The van der Waals surface area contributed by atoms with E-state index in [-0.39, 0.29) is 29.4 Å². The van der Waals surface area contributed by atoms with Crippen molar-refractivity contribution in [1.29, 1.82) is 0 Å². The van der Waals surface area contributed by atoms with Gasteiger partial charge < -0.3 is 15.8 Å². The zero-order valence-electron chi connectivity index (χ0n) is 15.2. The second kappa shape index (κ2) is 10.8. The Morgan fingerprint density at radius 2 is 1.93 bits per heavy atom. The van der Waals surface area contributed by atoms with Crippen LogP contribution in [-0.2, 0) is 16.6 Å². The minimum absolute atomic E-state index is 0. The minimum Gasteiger partial charge on any atom is -0.381 e. The number of hydrogen-bond donors (Lipinski definition) is 2. The van der Waals surface area contributed by atoms with E-state index in [1.54, 1.807) is 6.20 Å². The van der Waals surface area contributed by atoms with Gasteiger partial charge in [-0.15, -0.1) is 24.0 Å². The van der Waals surface area contributed by atoms with E-state index < -0.39 is 0 Å². The molecule has 3 N–H and O–H groups in total. The smallest absolute Gasteiger partial charge is 0.188 e. The van der Waals surface area contributed by atoms with Gasteiger partial charge in [0.15, 0.2) is 5.96 Å². The largest absolute Gasteiger partial charge is 0.381 e. The van der Waals surface area contributed by atoms with Crippen molar-refractivity contribution < 1.29 is 4.74 Å². The van der Waals surface area contributed by atoms with E-state index in [1.165, 1.54) is 0 Å². The summed E-state index contributed by atoms with van der Waals surface area (Å²) < 4.78 is 5.56. The van der Waals surface area contributed by atoms with Crippen molar-refractivity contribution in [1.82, 2.24) is 10.3 Å². The summed E-state index contributed by atoms with van der Waals surface area (Å²) in [5.74, 6) is 0.457. The summed E-state index contributed by atoms with van der Waals surface area (Å²) in [5, 5.41) is 3.96. The van der Waals surface area contributed by atoms with Gasteiger partial charge in [0.2, 0.25) is 0 Å². The van der Waals surface area contributed by atoms with Crippen molar-refractivity contribution in [2.45, 2.75) is 24.7 Å². The summed E-state index contributed by atoms with van der Waals surface area (Å²) in [6, 6.07) is 13.9. The Kier molecular flexibility index (Phi) is 8.79. The van der Waals surface area contributed by atoms with Crippen LogP contribution in [0.3, 0.4) is 0 Å². The van der Waals surface area contributed by atoms with Gasteiger partial charge in [0.05, 0.1) is 6.54 Å². The second-order valence-electron chi connectivity index (χ2n) is 6.57. The fourth-order valence-electron chi connectivity index (χ4n) is 3.32. The van der Waals surface area contributed by atoms with Crippen molar-refractivity contribution in [3.05, 3.63) is 64.9 Å². The van der Waals surface area contributed by atoms with Crippen molar-refractivity contribution in [2.75, 3.05) is 26.3 Å². The summed E-state index contributed by atoms with van der Waals surface area (Å²) >= 11 is 6.47. The van der Waals surface area contributed by atoms with Gasteiger partial charge in [0, 0.05) is 48.5 Å². The van der Waals surface area contributed by atoms with Crippen LogP contribution in [0.15, 0.2) is 53.7 Å². The van der Waals surface area contributed by atoms with Crippen molar-refractivity contribution in [2.24, 2.45) is 10.7 Å². The lowest BCUT2D eigenvalue weighted by atomic mass is 9.74. The number of nitrogens with two attached hydrogens (primary N) is 1. The first kappa shape index (κ1) is 21.9. The minimum atomic E-state index is -0.121. The van der Waals surface area contributed by atoms with Crippen LogP contribution >= 0.6 is 35.6 Å². The third-order valence-corrected chi connectivity index (χ3v) is 5.19. The van der Waals surface area contributed by atoms with Gasteiger partial charge in [-0.2, -0.15) is 0 Å². The topological polar surface area (TPSA) is 72.5 Å². The maximum Gasteiger partial charge on any atom is 0.188 e. The number of benzene rings is 1. The summed E-state index contributed by atoms with van der Waals surface area (Å²) in [6.45, 7) is 2.73. The van der Waals surface area contributed by atoms with E-state index >= 15 is 0 Å². The van der Waals surface area contributed by atoms with E-state index in [0.717, 1.165) is 35.5 Å². The van der Waals surface area contributed by atoms with Crippen LogP contribution in [0.5, 0.6) is 0 Å². The number of nitrogens with one attached hydrogen (secondary N) is 1. The average molecular weight is 501 g/mol. The Labute approximate surface area is 182 Å². The number of aromatic nitrogens is 1. The van der Waals surface area contributed by atoms with Crippen LogP contribution in [-0.4, -0.2) is 37.2 Å². The molecule has 27 heavy (non-hydrogen) atoms. The van der Waals surface area contributed by atoms with Crippen LogP contribution in [0.1, 0.15) is 24.1 Å². The predicted molar refractivity (Wildman–Crippen MR) is 121 cm³/mol. The zero-order chi connectivity index (χ0) is 18.2. The van der Waals surface area contributed by atoms with Gasteiger partial charge in [-0.1, -0.05) is 35.9 Å². The molecule has 0 radical (unpaired) electrons. The predicted octanol–water partition coefficient (Wildman–Crippen LogP) is 3.55. The number of ether oxygens (including phenoxy) is 1. The number of halogens is 2. The number of aliphatic imine (C=N–C) groups is 1. The first-order chi connectivity index (χ1) is 12.7. The first-order valence-corrected chi connectivity index (χ1v) is 9.34. The van der Waals surface area contributed by atoms with Crippen LogP contribution in [0.25, 0.3) is 0 Å². The van der Waals surface area contributed by atoms with Gasteiger partial charge in [0.1, 0.15) is 0 Å². The van der Waals surface area contributed by atoms with E-state index in [2.05, 4.69) is 21.4 Å². The molecular weight excluding hydrogens is 475 g/mol. The standard InChI is InChI=1S/C20H25ClN4O.HI/c21-18-7-2-1-6-17(18)20(9-13-26-14-10-20)15-25-19(22)24-12-8-16-5-3-4-11-23-16;/h1-7,11H,8-10,12-15H2,(H3,22,24,25);1H. The van der Waals surface area contributed by atoms with Gasteiger partial charge >= 0.3 is 0 Å². The molecule has 0 unspecified atom stereocenters. The molecule has 1 aliphatic rings. The maximum atomic E-state index is 6.47. The van der Waals surface area contributed by atoms with Crippen LogP contribution < -0.4 is 11.1 Å². The summed E-state index contributed by atoms with van der Waals surface area (Å²) in [6.07, 6.45) is 4.38. The Morgan fingerprint density at radius 3 is 2.63 bits per heavy atom. The zero-order valence-corrected chi connectivity index (χ0v) is 18.3. The normalized spacial score (nSPS) is 16.4. The molecule has 5 nitrogen and oxygen atoms in total. The molecule has 1 aromatic heterocycles. The number of pyridine rings is 1. The fourth-order valence-corrected chi connectivity index (χ4v) is 3.66. The molecule has 0 bridgehead atoms. The van der Waals surface area contributed by atoms with Gasteiger partial charge in [-0.05, 0) is 36.6 Å². The van der Waals surface area contributed by atoms with E-state index in [9.17, 15) is 0 Å². The molecule has 1 fully saturated rings. The van der Waals surface area contributed by atoms with Gasteiger partial charge in [-0.25, -0.2) is 0 Å². The molecule has 1 saturated heterocycles. The summed E-state index contributed by atoms with van der Waals surface area (Å²) in [7, 11) is 0. The van der Waals surface area contributed by atoms with Crippen LogP contribution in [0.4, 0.5) is 0 Å². The molecule has 2 aromatic rings. The lowest BCUT2D eigenvalue weighted by molar-refractivity contribution is 0.0531. The summed E-state index contributed by atoms with van der Waals surface area (Å²) in [4.78, 5) is 8.92. The van der Waals surface area contributed by atoms with E-state index in [1.807, 2.05) is 36.4 Å².